The van der Waals surface area contributed by atoms with Crippen molar-refractivity contribution in [3.8, 4) is 0 Å². The lowest BCUT2D eigenvalue weighted by Gasteiger charge is -2.23. The summed E-state index contributed by atoms with van der Waals surface area (Å²) in [5.74, 6) is 0. The normalized spacial score (nSPS) is 21.9. The van der Waals surface area contributed by atoms with Crippen LogP contribution in [-0.2, 0) is 4.84 Å². The molecule has 1 rings (SSSR count). The highest BCUT2D eigenvalue weighted by atomic mass is 16.7. The Morgan fingerprint density at radius 3 is 2.43 bits per heavy atom. The van der Waals surface area contributed by atoms with Gasteiger partial charge in [-0.2, -0.15) is 0 Å². The summed E-state index contributed by atoms with van der Waals surface area (Å²) in [6, 6.07) is 0. The van der Waals surface area contributed by atoms with Gasteiger partial charge in [0.15, 0.2) is 0 Å². The Morgan fingerprint density at radius 2 is 2.29 bits per heavy atom. The molecule has 0 aromatic rings. The largest absolute Gasteiger partial charge is 0.299 e. The molecule has 1 aliphatic rings. The Labute approximate surface area is 43.8 Å². The van der Waals surface area contributed by atoms with Crippen molar-refractivity contribution in [3.05, 3.63) is 0 Å². The third-order valence-corrected chi connectivity index (χ3v) is 1.34. The summed E-state index contributed by atoms with van der Waals surface area (Å²) in [7, 11) is 1.80. The molecule has 0 heterocycles. The molecule has 1 aliphatic carbocycles. The fourth-order valence-corrected chi connectivity index (χ4v) is 0.655. The lowest BCUT2D eigenvalue weighted by Crippen LogP contribution is -2.26. The van der Waals surface area contributed by atoms with Crippen LogP contribution in [0.25, 0.3) is 0 Å². The van der Waals surface area contributed by atoms with E-state index in [0.717, 1.165) is 0 Å². The summed E-state index contributed by atoms with van der Waals surface area (Å²) in [6.45, 7) is 0. The fraction of sp³-hybridized carbons (Fsp3) is 1.00. The van der Waals surface area contributed by atoms with E-state index in [2.05, 4.69) is 5.48 Å². The van der Waals surface area contributed by atoms with Crippen LogP contribution in [0.1, 0.15) is 19.3 Å². The first-order valence-corrected chi connectivity index (χ1v) is 2.76. The van der Waals surface area contributed by atoms with Crippen LogP contribution in [0.2, 0.25) is 0 Å². The van der Waals surface area contributed by atoms with Gasteiger partial charge in [-0.1, -0.05) is 0 Å². The summed E-state index contributed by atoms with van der Waals surface area (Å²) in [5.41, 5.74) is 2.67. The second-order valence-electron chi connectivity index (χ2n) is 1.87. The lowest BCUT2D eigenvalue weighted by atomic mass is 9.97. The number of hydrogen-bond acceptors (Lipinski definition) is 2. The molecule has 42 valence electrons. The SMILES string of the molecule is CNOC1CCC1. The second-order valence-corrected chi connectivity index (χ2v) is 1.87. The van der Waals surface area contributed by atoms with E-state index in [0.29, 0.717) is 6.10 Å². The Bertz CT molecular complexity index is 52.0. The third-order valence-electron chi connectivity index (χ3n) is 1.34. The maximum atomic E-state index is 5.03. The van der Waals surface area contributed by atoms with Crippen LogP contribution in [0.15, 0.2) is 0 Å². The van der Waals surface area contributed by atoms with Gasteiger partial charge in [-0.15, -0.1) is 0 Å². The fourth-order valence-electron chi connectivity index (χ4n) is 0.655. The van der Waals surface area contributed by atoms with Crippen LogP contribution in [0.4, 0.5) is 0 Å². The molecular formula is C5H11NO. The standard InChI is InChI=1S/C5H11NO/c1-6-7-5-3-2-4-5/h5-6H,2-4H2,1H3. The van der Waals surface area contributed by atoms with Gasteiger partial charge in [-0.3, -0.25) is 4.84 Å². The number of rotatable bonds is 2. The third kappa shape index (κ3) is 1.14. The minimum atomic E-state index is 0.519. The molecule has 0 aromatic heterocycles. The van der Waals surface area contributed by atoms with Gasteiger partial charge >= 0.3 is 0 Å². The molecule has 0 amide bonds. The molecule has 0 spiro atoms. The summed E-state index contributed by atoms with van der Waals surface area (Å²) in [4.78, 5) is 5.03. The molecule has 0 aromatic carbocycles. The molecule has 2 nitrogen and oxygen atoms in total. The highest BCUT2D eigenvalue weighted by Crippen LogP contribution is 2.20. The van der Waals surface area contributed by atoms with Gasteiger partial charge in [0.25, 0.3) is 0 Å². The summed E-state index contributed by atoms with van der Waals surface area (Å²) >= 11 is 0. The van der Waals surface area contributed by atoms with Crippen molar-refractivity contribution in [3.63, 3.8) is 0 Å². The molecule has 1 N–H and O–H groups in total. The monoisotopic (exact) mass is 101 g/mol. The zero-order chi connectivity index (χ0) is 5.11. The average molecular weight is 101 g/mol. The summed E-state index contributed by atoms with van der Waals surface area (Å²) < 4.78 is 0. The molecule has 1 saturated carbocycles. The minimum Gasteiger partial charge on any atom is -0.299 e. The molecule has 0 saturated heterocycles. The predicted molar refractivity (Wildman–Crippen MR) is 27.8 cm³/mol. The van der Waals surface area contributed by atoms with E-state index in [4.69, 9.17) is 4.84 Å². The van der Waals surface area contributed by atoms with Crippen LogP contribution >= 0.6 is 0 Å². The quantitative estimate of drug-likeness (QED) is 0.517. The molecule has 2 heteroatoms. The van der Waals surface area contributed by atoms with E-state index in [1.165, 1.54) is 19.3 Å². The van der Waals surface area contributed by atoms with Gasteiger partial charge in [0.05, 0.1) is 6.10 Å². The van der Waals surface area contributed by atoms with Crippen molar-refractivity contribution >= 4 is 0 Å². The lowest BCUT2D eigenvalue weighted by molar-refractivity contribution is -0.0524. The van der Waals surface area contributed by atoms with Crippen molar-refractivity contribution in [2.75, 3.05) is 7.05 Å². The van der Waals surface area contributed by atoms with Gasteiger partial charge in [0.1, 0.15) is 0 Å². The minimum absolute atomic E-state index is 0.519. The smallest absolute Gasteiger partial charge is 0.0790 e. The number of hydroxylamine groups is 1. The van der Waals surface area contributed by atoms with Gasteiger partial charge < -0.3 is 0 Å². The van der Waals surface area contributed by atoms with Crippen molar-refractivity contribution in [2.45, 2.75) is 25.4 Å². The Balaban J connectivity index is 1.93. The van der Waals surface area contributed by atoms with Gasteiger partial charge in [-0.25, -0.2) is 5.48 Å². The first kappa shape index (κ1) is 5.06. The van der Waals surface area contributed by atoms with Crippen LogP contribution in [-0.4, -0.2) is 13.2 Å². The summed E-state index contributed by atoms with van der Waals surface area (Å²) in [6.07, 6.45) is 4.33. The highest BCUT2D eigenvalue weighted by Gasteiger charge is 2.16. The summed E-state index contributed by atoms with van der Waals surface area (Å²) in [5, 5.41) is 0. The number of hydrogen-bond donors (Lipinski definition) is 1. The van der Waals surface area contributed by atoms with Crippen LogP contribution in [0.3, 0.4) is 0 Å². The molecule has 0 unspecified atom stereocenters. The second kappa shape index (κ2) is 2.28. The van der Waals surface area contributed by atoms with Crippen molar-refractivity contribution < 1.29 is 4.84 Å². The van der Waals surface area contributed by atoms with Crippen molar-refractivity contribution in [1.29, 1.82) is 0 Å². The Kier molecular flexibility index (Phi) is 1.65. The first-order chi connectivity index (χ1) is 3.43. The molecule has 0 atom stereocenters. The highest BCUT2D eigenvalue weighted by molar-refractivity contribution is 4.67. The molecular weight excluding hydrogens is 90.1 g/mol. The molecule has 0 aliphatic heterocycles. The zero-order valence-corrected chi connectivity index (χ0v) is 4.61. The van der Waals surface area contributed by atoms with E-state index in [1.807, 2.05) is 0 Å². The van der Waals surface area contributed by atoms with Crippen LogP contribution in [0.5, 0.6) is 0 Å². The first-order valence-electron chi connectivity index (χ1n) is 2.76. The van der Waals surface area contributed by atoms with Crippen molar-refractivity contribution in [2.24, 2.45) is 0 Å². The predicted octanol–water partition coefficient (Wildman–Crippen LogP) is 0.690. The van der Waals surface area contributed by atoms with Gasteiger partial charge in [0, 0.05) is 7.05 Å². The van der Waals surface area contributed by atoms with Crippen LogP contribution < -0.4 is 5.48 Å². The van der Waals surface area contributed by atoms with E-state index in [1.54, 1.807) is 7.05 Å². The number of nitrogens with one attached hydrogen (secondary N) is 1. The molecule has 7 heavy (non-hydrogen) atoms. The molecule has 0 bridgehead atoms. The molecule has 0 radical (unpaired) electrons. The van der Waals surface area contributed by atoms with E-state index in [-0.39, 0.29) is 0 Å². The maximum absolute atomic E-state index is 5.03. The Hall–Kier alpha value is -0.0800. The average Bonchev–Trinajstić information content (AvgIpc) is 1.55. The Morgan fingerprint density at radius 1 is 1.57 bits per heavy atom. The van der Waals surface area contributed by atoms with E-state index < -0.39 is 0 Å². The maximum Gasteiger partial charge on any atom is 0.0790 e. The zero-order valence-electron chi connectivity index (χ0n) is 4.61. The topological polar surface area (TPSA) is 21.3 Å². The van der Waals surface area contributed by atoms with Crippen molar-refractivity contribution in [1.82, 2.24) is 5.48 Å². The van der Waals surface area contributed by atoms with Gasteiger partial charge in [0.2, 0.25) is 0 Å². The van der Waals surface area contributed by atoms with E-state index >= 15 is 0 Å². The molecule has 1 fully saturated rings. The van der Waals surface area contributed by atoms with E-state index in [9.17, 15) is 0 Å². The van der Waals surface area contributed by atoms with Crippen LogP contribution in [0, 0.1) is 0 Å². The van der Waals surface area contributed by atoms with Gasteiger partial charge in [-0.05, 0) is 19.3 Å².